The summed E-state index contributed by atoms with van der Waals surface area (Å²) in [4.78, 5) is 0. The second-order valence-corrected chi connectivity index (χ2v) is 6.24. The molecule has 1 heterocycles. The molecule has 110 valence electrons. The molecule has 0 saturated heterocycles. The molecule has 3 rings (SSSR count). The number of ether oxygens (including phenoxy) is 2. The van der Waals surface area contributed by atoms with Gasteiger partial charge < -0.3 is 14.6 Å². The minimum absolute atomic E-state index is 0.331. The molecule has 1 aromatic carbocycles. The standard InChI is InChI=1S/C17H24O3/c1-19-14-6-9-17(18,10-7-14)12-13-8-11-20-16-5-3-2-4-15(13)16/h2-5,13-14,18H,6-12H2,1H3. The van der Waals surface area contributed by atoms with Crippen molar-refractivity contribution in [3.8, 4) is 5.75 Å². The Balaban J connectivity index is 1.69. The van der Waals surface area contributed by atoms with Gasteiger partial charge in [-0.1, -0.05) is 18.2 Å². The molecule has 1 aliphatic carbocycles. The van der Waals surface area contributed by atoms with Gasteiger partial charge in [0, 0.05) is 7.11 Å². The normalized spacial score (nSPS) is 33.3. The van der Waals surface area contributed by atoms with Crippen molar-refractivity contribution in [2.24, 2.45) is 0 Å². The Kier molecular flexibility index (Phi) is 3.99. The molecule has 3 nitrogen and oxygen atoms in total. The third kappa shape index (κ3) is 2.84. The minimum Gasteiger partial charge on any atom is -0.493 e. The van der Waals surface area contributed by atoms with Crippen molar-refractivity contribution in [1.82, 2.24) is 0 Å². The highest BCUT2D eigenvalue weighted by Crippen LogP contribution is 2.42. The Morgan fingerprint density at radius 3 is 2.75 bits per heavy atom. The largest absolute Gasteiger partial charge is 0.493 e. The van der Waals surface area contributed by atoms with E-state index in [1.807, 2.05) is 12.1 Å². The summed E-state index contributed by atoms with van der Waals surface area (Å²) in [5.74, 6) is 1.42. The lowest BCUT2D eigenvalue weighted by Crippen LogP contribution is -2.38. The van der Waals surface area contributed by atoms with E-state index >= 15 is 0 Å². The number of hydrogen-bond donors (Lipinski definition) is 1. The average molecular weight is 276 g/mol. The predicted molar refractivity (Wildman–Crippen MR) is 78.1 cm³/mol. The molecule has 3 heteroatoms. The highest BCUT2D eigenvalue weighted by Gasteiger charge is 2.37. The van der Waals surface area contributed by atoms with Crippen molar-refractivity contribution < 1.29 is 14.6 Å². The van der Waals surface area contributed by atoms with Gasteiger partial charge in [-0.3, -0.25) is 0 Å². The summed E-state index contributed by atoms with van der Waals surface area (Å²) in [6.07, 6.45) is 5.83. The third-order valence-corrected chi connectivity index (χ3v) is 4.91. The van der Waals surface area contributed by atoms with Crippen LogP contribution in [0.4, 0.5) is 0 Å². The van der Waals surface area contributed by atoms with Crippen LogP contribution in [0.3, 0.4) is 0 Å². The zero-order valence-corrected chi connectivity index (χ0v) is 12.2. The van der Waals surface area contributed by atoms with Gasteiger partial charge >= 0.3 is 0 Å². The van der Waals surface area contributed by atoms with E-state index in [1.165, 1.54) is 5.56 Å². The van der Waals surface area contributed by atoms with Gasteiger partial charge in [0.2, 0.25) is 0 Å². The number of fused-ring (bicyclic) bond motifs is 1. The van der Waals surface area contributed by atoms with E-state index in [0.717, 1.165) is 50.9 Å². The summed E-state index contributed by atoms with van der Waals surface area (Å²) in [7, 11) is 1.77. The average Bonchev–Trinajstić information content (AvgIpc) is 2.48. The lowest BCUT2D eigenvalue weighted by Gasteiger charge is -2.39. The fourth-order valence-corrected chi connectivity index (χ4v) is 3.66. The maximum atomic E-state index is 10.9. The van der Waals surface area contributed by atoms with Gasteiger partial charge in [0.15, 0.2) is 0 Å². The molecule has 1 fully saturated rings. The zero-order chi connectivity index (χ0) is 14.0. The Bertz CT molecular complexity index is 449. The van der Waals surface area contributed by atoms with Gasteiger partial charge in [-0.15, -0.1) is 0 Å². The maximum Gasteiger partial charge on any atom is 0.122 e. The second-order valence-electron chi connectivity index (χ2n) is 6.24. The summed E-state index contributed by atoms with van der Waals surface area (Å²) < 4.78 is 11.1. The van der Waals surface area contributed by atoms with Crippen molar-refractivity contribution in [2.75, 3.05) is 13.7 Å². The number of para-hydroxylation sites is 1. The van der Waals surface area contributed by atoms with Gasteiger partial charge in [0.05, 0.1) is 18.3 Å². The highest BCUT2D eigenvalue weighted by molar-refractivity contribution is 5.38. The first-order valence-electron chi connectivity index (χ1n) is 7.67. The molecule has 1 atom stereocenters. The second kappa shape index (κ2) is 5.74. The number of hydrogen-bond acceptors (Lipinski definition) is 3. The minimum atomic E-state index is -0.524. The van der Waals surface area contributed by atoms with Crippen molar-refractivity contribution in [3.63, 3.8) is 0 Å². The molecule has 1 aliphatic heterocycles. The lowest BCUT2D eigenvalue weighted by atomic mass is 9.75. The van der Waals surface area contributed by atoms with Crippen LogP contribution in [0.1, 0.15) is 50.0 Å². The maximum absolute atomic E-state index is 10.9. The summed E-state index contributed by atoms with van der Waals surface area (Å²) in [6, 6.07) is 8.25. The van der Waals surface area contributed by atoms with Gasteiger partial charge in [0.1, 0.15) is 5.75 Å². The molecule has 0 spiro atoms. The van der Waals surface area contributed by atoms with E-state index in [4.69, 9.17) is 9.47 Å². The predicted octanol–water partition coefficient (Wildman–Crippen LogP) is 3.26. The molecule has 0 aromatic heterocycles. The van der Waals surface area contributed by atoms with Crippen LogP contribution in [0.5, 0.6) is 5.75 Å². The Hall–Kier alpha value is -1.06. The van der Waals surface area contributed by atoms with Crippen LogP contribution < -0.4 is 4.74 Å². The van der Waals surface area contributed by atoms with Crippen LogP contribution in [0.2, 0.25) is 0 Å². The topological polar surface area (TPSA) is 38.7 Å². The third-order valence-electron chi connectivity index (χ3n) is 4.91. The molecule has 0 bridgehead atoms. The lowest BCUT2D eigenvalue weighted by molar-refractivity contribution is -0.0535. The van der Waals surface area contributed by atoms with E-state index in [2.05, 4.69) is 12.1 Å². The van der Waals surface area contributed by atoms with Crippen molar-refractivity contribution >= 4 is 0 Å². The number of rotatable bonds is 3. The van der Waals surface area contributed by atoms with Gasteiger partial charge in [-0.2, -0.15) is 0 Å². The Morgan fingerprint density at radius 2 is 2.00 bits per heavy atom. The quantitative estimate of drug-likeness (QED) is 0.921. The Morgan fingerprint density at radius 1 is 1.25 bits per heavy atom. The number of aliphatic hydroxyl groups is 1. The summed E-state index contributed by atoms with van der Waals surface area (Å²) in [6.45, 7) is 0.762. The van der Waals surface area contributed by atoms with Crippen molar-refractivity contribution in [2.45, 2.75) is 56.1 Å². The summed E-state index contributed by atoms with van der Waals surface area (Å²) in [5.41, 5.74) is 0.741. The van der Waals surface area contributed by atoms with Crippen LogP contribution in [0.25, 0.3) is 0 Å². The van der Waals surface area contributed by atoms with Crippen LogP contribution in [0.15, 0.2) is 24.3 Å². The molecular weight excluding hydrogens is 252 g/mol. The smallest absolute Gasteiger partial charge is 0.122 e. The van der Waals surface area contributed by atoms with Gasteiger partial charge in [0.25, 0.3) is 0 Å². The number of methoxy groups -OCH3 is 1. The molecule has 1 saturated carbocycles. The zero-order valence-electron chi connectivity index (χ0n) is 12.2. The van der Waals surface area contributed by atoms with Crippen molar-refractivity contribution in [1.29, 1.82) is 0 Å². The first-order chi connectivity index (χ1) is 9.70. The fourth-order valence-electron chi connectivity index (χ4n) is 3.66. The fraction of sp³-hybridized carbons (Fsp3) is 0.647. The van der Waals surface area contributed by atoms with Crippen LogP contribution in [0, 0.1) is 0 Å². The van der Waals surface area contributed by atoms with Crippen LogP contribution in [-0.4, -0.2) is 30.5 Å². The van der Waals surface area contributed by atoms with Gasteiger partial charge in [-0.25, -0.2) is 0 Å². The van der Waals surface area contributed by atoms with E-state index in [-0.39, 0.29) is 0 Å². The van der Waals surface area contributed by atoms with E-state index in [9.17, 15) is 5.11 Å². The molecule has 1 unspecified atom stereocenters. The highest BCUT2D eigenvalue weighted by atomic mass is 16.5. The summed E-state index contributed by atoms with van der Waals surface area (Å²) in [5, 5.41) is 10.9. The molecule has 2 aliphatic rings. The Labute approximate surface area is 120 Å². The first kappa shape index (κ1) is 13.9. The van der Waals surface area contributed by atoms with Gasteiger partial charge in [-0.05, 0) is 56.1 Å². The molecular formula is C17H24O3. The van der Waals surface area contributed by atoms with Crippen molar-refractivity contribution in [3.05, 3.63) is 29.8 Å². The van der Waals surface area contributed by atoms with Crippen LogP contribution in [-0.2, 0) is 4.74 Å². The molecule has 1 aromatic rings. The molecule has 20 heavy (non-hydrogen) atoms. The number of benzene rings is 1. The van der Waals surface area contributed by atoms with Crippen LogP contribution >= 0.6 is 0 Å². The SMILES string of the molecule is COC1CCC(O)(CC2CCOc3ccccc32)CC1. The van der Waals surface area contributed by atoms with E-state index in [0.29, 0.717) is 12.0 Å². The monoisotopic (exact) mass is 276 g/mol. The molecule has 0 amide bonds. The van der Waals surface area contributed by atoms with E-state index in [1.54, 1.807) is 7.11 Å². The molecule has 0 radical (unpaired) electrons. The molecule has 1 N–H and O–H groups in total. The van der Waals surface area contributed by atoms with E-state index < -0.39 is 5.60 Å². The first-order valence-corrected chi connectivity index (χ1v) is 7.67. The summed E-state index contributed by atoms with van der Waals surface area (Å²) >= 11 is 0.